The Morgan fingerprint density at radius 3 is 2.23 bits per heavy atom. The molecule has 3 saturated heterocycles. The molecule has 6 aromatic rings. The molecule has 3 fully saturated rings. The molecule has 11 rings (SSSR count). The summed E-state index contributed by atoms with van der Waals surface area (Å²) in [7, 11) is -11.2. The van der Waals surface area contributed by atoms with E-state index in [0.29, 0.717) is 94.8 Å². The first-order valence-electron chi connectivity index (χ1n) is 37.0. The number of carbonyl (C=O) groups is 5. The van der Waals surface area contributed by atoms with Crippen LogP contribution in [0.4, 0.5) is 24.5 Å². The van der Waals surface area contributed by atoms with E-state index in [2.05, 4.69) is 61.6 Å². The van der Waals surface area contributed by atoms with Crippen molar-refractivity contribution < 1.29 is 63.8 Å². The molecule has 5 N–H and O–H groups in total. The zero-order valence-electron chi connectivity index (χ0n) is 62.1. The summed E-state index contributed by atoms with van der Waals surface area (Å²) in [4.78, 5) is 83.0. The topological polar surface area (TPSA) is 260 Å². The maximum absolute atomic E-state index is 14.7. The van der Waals surface area contributed by atoms with Crippen molar-refractivity contribution in [3.8, 4) is 16.2 Å². The van der Waals surface area contributed by atoms with Crippen LogP contribution in [-0.4, -0.2) is 190 Å². The van der Waals surface area contributed by atoms with Gasteiger partial charge in [-0.2, -0.15) is 13.2 Å². The Bertz CT molecular complexity index is 4480. The van der Waals surface area contributed by atoms with Crippen molar-refractivity contribution in [1.29, 1.82) is 0 Å². The number of ether oxygens (including phenoxy) is 1. The molecule has 582 valence electrons. The number of fused-ring (bicyclic) bond motifs is 3. The number of benzene rings is 5. The first kappa shape index (κ1) is 81.4. The zero-order valence-corrected chi connectivity index (χ0v) is 66.2. The fourth-order valence-corrected chi connectivity index (χ4v) is 18.9. The number of rotatable bonds is 27. The minimum absolute atomic E-state index is 0.0170. The van der Waals surface area contributed by atoms with Gasteiger partial charge < -0.3 is 40.5 Å². The third-order valence-electron chi connectivity index (χ3n) is 21.1. The SMILES string of the molecule is Cc1ncsc1-c1ccc([C@H](C)C(=O)N[C@@H]2C[C@@H](O)CN2C(=O)[C@@H](NC(=O)CCCCCC(=O)N2CCN(CC[C@H](CSc3ccccc3)Nc3ccc(S(=O)(=O)NC(=O)c4ccc5c(c4)OCCC4CN(CC6=C(c7ccc(Cl)cc7)CCC(C)(C)C6)CCN54)cc3S(=O)(=O)C(F)(F)F)CC2)C(C)(C)C)cc1. The number of anilines is 2. The minimum Gasteiger partial charge on any atom is -0.491 e. The Morgan fingerprint density at radius 1 is 0.833 bits per heavy atom. The number of halogens is 4. The first-order valence-corrected chi connectivity index (χ1v) is 42.2. The number of piperazine rings is 2. The van der Waals surface area contributed by atoms with E-state index in [9.17, 15) is 59.1 Å². The molecule has 108 heavy (non-hydrogen) atoms. The number of β-amino-alcohol motifs (C(OH)–C–C–N with tert-alkyl or cyclic N) is 1. The molecule has 1 aliphatic carbocycles. The molecule has 1 aromatic heterocycles. The molecule has 5 amide bonds. The van der Waals surface area contributed by atoms with E-state index in [1.54, 1.807) is 23.4 Å². The molecule has 21 nitrogen and oxygen atoms in total. The van der Waals surface area contributed by atoms with Crippen molar-refractivity contribution in [3.63, 3.8) is 0 Å². The third-order valence-corrected chi connectivity index (χ3v) is 26.4. The highest BCUT2D eigenvalue weighted by atomic mass is 35.5. The number of amides is 5. The molecule has 0 spiro atoms. The number of hydrogen-bond acceptors (Lipinski definition) is 18. The Morgan fingerprint density at radius 2 is 1.54 bits per heavy atom. The van der Waals surface area contributed by atoms with Crippen LogP contribution in [0.15, 0.2) is 141 Å². The largest absolute Gasteiger partial charge is 0.501 e. The van der Waals surface area contributed by atoms with Gasteiger partial charge in [-0.1, -0.05) is 113 Å². The van der Waals surface area contributed by atoms with Crippen LogP contribution in [0.3, 0.4) is 0 Å². The Labute approximate surface area is 645 Å². The second kappa shape index (κ2) is 34.8. The highest BCUT2D eigenvalue weighted by Gasteiger charge is 2.49. The number of alkyl halides is 3. The maximum atomic E-state index is 14.7. The van der Waals surface area contributed by atoms with Gasteiger partial charge >= 0.3 is 5.51 Å². The molecule has 5 aromatic carbocycles. The monoisotopic (exact) mass is 1580 g/mol. The van der Waals surface area contributed by atoms with Gasteiger partial charge in [-0.25, -0.2) is 26.5 Å². The van der Waals surface area contributed by atoms with Gasteiger partial charge in [-0.3, -0.25) is 33.8 Å². The predicted octanol–water partition coefficient (Wildman–Crippen LogP) is 12.5. The van der Waals surface area contributed by atoms with Gasteiger partial charge in [0.2, 0.25) is 23.6 Å². The third kappa shape index (κ3) is 20.3. The summed E-state index contributed by atoms with van der Waals surface area (Å²) in [6.45, 7) is 19.3. The second-order valence-electron chi connectivity index (χ2n) is 30.8. The number of hydrogen-bond donors (Lipinski definition) is 5. The van der Waals surface area contributed by atoms with Crippen molar-refractivity contribution in [2.45, 2.75) is 176 Å². The summed E-state index contributed by atoms with van der Waals surface area (Å²) in [6, 6.07) is 30.3. The highest BCUT2D eigenvalue weighted by molar-refractivity contribution is 7.99. The van der Waals surface area contributed by atoms with Crippen LogP contribution in [0, 0.1) is 17.8 Å². The summed E-state index contributed by atoms with van der Waals surface area (Å²) < 4.78 is 107. The van der Waals surface area contributed by atoms with Gasteiger partial charge in [0.15, 0.2) is 0 Å². The second-order valence-corrected chi connectivity index (χ2v) is 36.8. The molecule has 1 unspecified atom stereocenters. The number of aromatic nitrogens is 1. The molecular formula is C79H98ClF3N10O11S4. The summed E-state index contributed by atoms with van der Waals surface area (Å²) in [5, 5.41) is 20.4. The Hall–Kier alpha value is -7.57. The van der Waals surface area contributed by atoms with Crippen LogP contribution in [-0.2, 0) is 39.0 Å². The van der Waals surface area contributed by atoms with Gasteiger partial charge in [0.05, 0.1) is 51.0 Å². The number of aliphatic hydroxyl groups is 1. The Kier molecular flexibility index (Phi) is 26.2. The standard InChI is InChI=1S/C79H98ClF3N10O11S4/c1-51(53-18-20-55(21-19-53)72-52(2)84-50-106-72)74(97)86-69-43-61(94)48-93(69)76(99)73(77(3,4)5)87-70(95)16-12-9-13-17-71(96)91-38-35-89(36-39-91)34-31-59(49-105-62-14-10-8-11-15-62)85-65-28-27-63(44-68(65)107(100,101)79(81,82)83)108(102,103)88-75(98)56-24-29-66-67(42-56)104-41-32-60-47-90(37-40-92(60)66)46-57-45-78(6,7)33-30-64(57)54-22-25-58(80)26-23-54/h8,10-11,14-15,18-29,42,44,50-51,59-61,69,73,85,94H,9,12-13,16-17,30-41,43,45-49H2,1-7H3,(H,86,97)(H,87,95)(H,88,98)/t51-,59+,60?,61+,69-,73+/m0/s1. The number of nitrogens with one attached hydrogen (secondary N) is 4. The lowest BCUT2D eigenvalue weighted by atomic mass is 9.72. The average molecular weight is 1580 g/mol. The lowest BCUT2D eigenvalue weighted by Crippen LogP contribution is -2.58. The Balaban J connectivity index is 0.660. The minimum atomic E-state index is -6.21. The number of thioether (sulfide) groups is 1. The van der Waals surface area contributed by atoms with E-state index < -0.39 is 88.3 Å². The fourth-order valence-electron chi connectivity index (χ4n) is 14.9. The van der Waals surface area contributed by atoms with E-state index in [1.807, 2.05) is 99.1 Å². The number of thiazole rings is 1. The zero-order chi connectivity index (χ0) is 77.5. The number of carbonyl (C=O) groups excluding carboxylic acids is 5. The van der Waals surface area contributed by atoms with E-state index in [1.165, 1.54) is 56.8 Å². The predicted molar refractivity (Wildman–Crippen MR) is 416 cm³/mol. The van der Waals surface area contributed by atoms with Gasteiger partial charge in [0.25, 0.3) is 25.8 Å². The van der Waals surface area contributed by atoms with Crippen molar-refractivity contribution in [1.82, 2.24) is 39.9 Å². The van der Waals surface area contributed by atoms with Crippen molar-refractivity contribution in [2.24, 2.45) is 10.8 Å². The van der Waals surface area contributed by atoms with Crippen LogP contribution in [0.5, 0.6) is 5.75 Å². The molecule has 6 atom stereocenters. The number of aryl methyl sites for hydroxylation is 1. The number of unbranched alkanes of at least 4 members (excludes halogenated alkanes) is 2. The smallest absolute Gasteiger partial charge is 0.491 e. The molecular weight excluding hydrogens is 1490 g/mol. The van der Waals surface area contributed by atoms with Crippen LogP contribution in [0.1, 0.15) is 145 Å². The highest BCUT2D eigenvalue weighted by Crippen LogP contribution is 2.45. The molecule has 5 heterocycles. The van der Waals surface area contributed by atoms with Crippen molar-refractivity contribution >= 4 is 101 Å². The van der Waals surface area contributed by atoms with Crippen LogP contribution in [0.2, 0.25) is 5.02 Å². The van der Waals surface area contributed by atoms with E-state index in [-0.39, 0.29) is 66.3 Å². The van der Waals surface area contributed by atoms with Gasteiger partial charge in [0, 0.05) is 124 Å². The van der Waals surface area contributed by atoms with Crippen molar-refractivity contribution in [2.75, 3.05) is 88.0 Å². The normalized spacial score (nSPS) is 19.6. The number of sulfonamides is 1. The number of aliphatic hydroxyl groups excluding tert-OH is 1. The summed E-state index contributed by atoms with van der Waals surface area (Å²) in [5.41, 5.74) is 2.20. The van der Waals surface area contributed by atoms with E-state index >= 15 is 0 Å². The van der Waals surface area contributed by atoms with Gasteiger partial charge in [-0.05, 0) is 146 Å². The lowest BCUT2D eigenvalue weighted by Gasteiger charge is -2.43. The van der Waals surface area contributed by atoms with Crippen LogP contribution in [0.25, 0.3) is 16.0 Å². The summed E-state index contributed by atoms with van der Waals surface area (Å²) in [6.07, 6.45) is 4.31. The van der Waals surface area contributed by atoms with Gasteiger partial charge in [-0.15, -0.1) is 23.1 Å². The van der Waals surface area contributed by atoms with Crippen molar-refractivity contribution in [3.05, 3.63) is 154 Å². The number of allylic oxidation sites excluding steroid dienone is 1. The fraction of sp³-hybridized carbons (Fsp3) is 0.494. The lowest BCUT2D eigenvalue weighted by molar-refractivity contribution is -0.142. The average Bonchev–Trinajstić information content (AvgIpc) is 0.927. The number of nitrogens with zero attached hydrogens (tertiary/aromatic N) is 6. The molecule has 5 aliphatic rings. The quantitative estimate of drug-likeness (QED) is 0.0237. The van der Waals surface area contributed by atoms with E-state index in [0.717, 1.165) is 83.3 Å². The first-order chi connectivity index (χ1) is 51.2. The summed E-state index contributed by atoms with van der Waals surface area (Å²) >= 11 is 9.19. The maximum Gasteiger partial charge on any atom is 0.501 e. The van der Waals surface area contributed by atoms with E-state index in [4.69, 9.17) is 16.3 Å². The number of sulfone groups is 1. The molecule has 29 heteroatoms. The number of likely N-dealkylation sites (tertiary alicyclic amines) is 1. The van der Waals surface area contributed by atoms with Gasteiger partial charge in [0.1, 0.15) is 22.9 Å². The van der Waals surface area contributed by atoms with Crippen LogP contribution >= 0.6 is 34.7 Å². The molecule has 0 radical (unpaired) electrons. The molecule has 4 aliphatic heterocycles. The van der Waals surface area contributed by atoms with Crippen LogP contribution < -0.4 is 30.3 Å². The molecule has 0 saturated carbocycles. The summed E-state index contributed by atoms with van der Waals surface area (Å²) in [5.74, 6) is -2.19. The molecule has 0 bridgehead atoms.